The van der Waals surface area contributed by atoms with Gasteiger partial charge < -0.3 is 15.2 Å². The van der Waals surface area contributed by atoms with Crippen LogP contribution in [0.1, 0.15) is 47.0 Å². The Morgan fingerprint density at radius 1 is 1.37 bits per heavy atom. The van der Waals surface area contributed by atoms with Gasteiger partial charge in [-0.15, -0.1) is 0 Å². The summed E-state index contributed by atoms with van der Waals surface area (Å²) in [4.78, 5) is 2.45. The Labute approximate surface area is 118 Å². The van der Waals surface area contributed by atoms with E-state index >= 15 is 0 Å². The van der Waals surface area contributed by atoms with E-state index in [1.165, 1.54) is 12.8 Å². The molecule has 1 fully saturated rings. The highest BCUT2D eigenvalue weighted by Gasteiger charge is 2.34. The summed E-state index contributed by atoms with van der Waals surface area (Å²) in [5, 5.41) is 13.3. The third kappa shape index (κ3) is 5.38. The number of methoxy groups -OCH3 is 1. The summed E-state index contributed by atoms with van der Waals surface area (Å²) >= 11 is 0. The molecular formula is C15H32N2O2. The van der Waals surface area contributed by atoms with Gasteiger partial charge in [-0.25, -0.2) is 0 Å². The van der Waals surface area contributed by atoms with Crippen molar-refractivity contribution in [2.45, 2.75) is 70.6 Å². The summed E-state index contributed by atoms with van der Waals surface area (Å²) < 4.78 is 5.26. The van der Waals surface area contributed by atoms with E-state index in [9.17, 15) is 5.11 Å². The van der Waals surface area contributed by atoms with E-state index in [-0.39, 0.29) is 12.1 Å². The fourth-order valence-electron chi connectivity index (χ4n) is 3.05. The van der Waals surface area contributed by atoms with Gasteiger partial charge >= 0.3 is 0 Å². The minimum Gasteiger partial charge on any atom is -0.394 e. The van der Waals surface area contributed by atoms with Gasteiger partial charge in [-0.05, 0) is 46.6 Å². The summed E-state index contributed by atoms with van der Waals surface area (Å²) in [6, 6.07) is 1.46. The van der Waals surface area contributed by atoms with E-state index < -0.39 is 0 Å². The minimum absolute atomic E-state index is 0.166. The largest absolute Gasteiger partial charge is 0.394 e. The van der Waals surface area contributed by atoms with Gasteiger partial charge in [0.1, 0.15) is 0 Å². The first kappa shape index (κ1) is 16.9. The third-order valence-corrected chi connectivity index (χ3v) is 4.13. The molecular weight excluding hydrogens is 240 g/mol. The van der Waals surface area contributed by atoms with Gasteiger partial charge in [0, 0.05) is 30.8 Å². The van der Waals surface area contributed by atoms with Crippen LogP contribution in [0.4, 0.5) is 0 Å². The molecule has 1 aliphatic carbocycles. The number of rotatable bonds is 10. The number of hydrogen-bond acceptors (Lipinski definition) is 4. The Balaban J connectivity index is 2.54. The normalized spacial score (nSPS) is 22.3. The Morgan fingerprint density at radius 2 is 2.00 bits per heavy atom. The lowest BCUT2D eigenvalue weighted by atomic mass is 9.93. The fourth-order valence-corrected chi connectivity index (χ4v) is 3.05. The first-order valence-electron chi connectivity index (χ1n) is 7.59. The zero-order valence-corrected chi connectivity index (χ0v) is 13.3. The van der Waals surface area contributed by atoms with Crippen LogP contribution in [-0.2, 0) is 4.74 Å². The first-order chi connectivity index (χ1) is 8.95. The molecule has 0 aliphatic heterocycles. The molecule has 0 saturated heterocycles. The molecule has 0 amide bonds. The lowest BCUT2D eigenvalue weighted by Crippen LogP contribution is -2.53. The lowest BCUT2D eigenvalue weighted by molar-refractivity contribution is 0.0554. The van der Waals surface area contributed by atoms with Gasteiger partial charge in [-0.3, -0.25) is 4.90 Å². The molecule has 19 heavy (non-hydrogen) atoms. The molecule has 0 aromatic heterocycles. The van der Waals surface area contributed by atoms with Gasteiger partial charge in [-0.1, -0.05) is 6.92 Å². The van der Waals surface area contributed by atoms with Gasteiger partial charge in [0.2, 0.25) is 0 Å². The van der Waals surface area contributed by atoms with E-state index in [0.717, 1.165) is 19.6 Å². The molecule has 0 heterocycles. The summed E-state index contributed by atoms with van der Waals surface area (Å²) in [5.41, 5.74) is -0.166. The number of nitrogens with zero attached hydrogens (tertiary/aromatic N) is 1. The highest BCUT2D eigenvalue weighted by molar-refractivity contribution is 4.94. The lowest BCUT2D eigenvalue weighted by Gasteiger charge is -2.39. The topological polar surface area (TPSA) is 44.7 Å². The van der Waals surface area contributed by atoms with Gasteiger partial charge in [0.05, 0.1) is 13.2 Å². The Morgan fingerprint density at radius 3 is 2.42 bits per heavy atom. The molecule has 1 aliphatic rings. The van der Waals surface area contributed by atoms with Crippen molar-refractivity contribution in [2.75, 3.05) is 26.9 Å². The molecule has 3 unspecified atom stereocenters. The summed E-state index contributed by atoms with van der Waals surface area (Å²) in [7, 11) is 1.75. The maximum Gasteiger partial charge on any atom is 0.0615 e. The van der Waals surface area contributed by atoms with Crippen molar-refractivity contribution in [2.24, 2.45) is 0 Å². The monoisotopic (exact) mass is 272 g/mol. The number of aliphatic hydroxyl groups excluding tert-OH is 1. The van der Waals surface area contributed by atoms with Crippen LogP contribution < -0.4 is 5.32 Å². The Bertz CT molecular complexity index is 259. The standard InChI is InChI=1S/C15H32N2O2/c1-6-17(13(3)10-19-5)12(2)9-15(4,11-18)16-14-7-8-14/h12-14,16,18H,6-11H2,1-5H3. The summed E-state index contributed by atoms with van der Waals surface area (Å²) in [6.45, 7) is 10.7. The number of likely N-dealkylation sites (N-methyl/N-ethyl adjacent to an activating group) is 1. The maximum absolute atomic E-state index is 9.70. The molecule has 0 aromatic carbocycles. The molecule has 4 nitrogen and oxygen atoms in total. The Kier molecular flexibility index (Phi) is 6.74. The molecule has 1 rings (SSSR count). The van der Waals surface area contributed by atoms with E-state index in [1.54, 1.807) is 7.11 Å². The Hall–Kier alpha value is -0.160. The second-order valence-corrected chi connectivity index (χ2v) is 6.33. The van der Waals surface area contributed by atoms with Crippen molar-refractivity contribution in [3.8, 4) is 0 Å². The van der Waals surface area contributed by atoms with E-state index in [4.69, 9.17) is 4.74 Å². The van der Waals surface area contributed by atoms with Crippen LogP contribution in [0.2, 0.25) is 0 Å². The van der Waals surface area contributed by atoms with Crippen LogP contribution in [0.3, 0.4) is 0 Å². The number of nitrogens with one attached hydrogen (secondary N) is 1. The average molecular weight is 272 g/mol. The molecule has 2 N–H and O–H groups in total. The first-order valence-corrected chi connectivity index (χ1v) is 7.59. The van der Waals surface area contributed by atoms with E-state index in [0.29, 0.717) is 18.1 Å². The molecule has 1 saturated carbocycles. The predicted molar refractivity (Wildman–Crippen MR) is 79.4 cm³/mol. The van der Waals surface area contributed by atoms with Gasteiger partial charge in [0.15, 0.2) is 0 Å². The van der Waals surface area contributed by atoms with Crippen molar-refractivity contribution < 1.29 is 9.84 Å². The second kappa shape index (κ2) is 7.58. The van der Waals surface area contributed by atoms with Gasteiger partial charge in [0.25, 0.3) is 0 Å². The quantitative estimate of drug-likeness (QED) is 0.634. The smallest absolute Gasteiger partial charge is 0.0615 e. The molecule has 0 bridgehead atoms. The number of aliphatic hydroxyl groups is 1. The van der Waals surface area contributed by atoms with Crippen LogP contribution in [0.5, 0.6) is 0 Å². The second-order valence-electron chi connectivity index (χ2n) is 6.33. The van der Waals surface area contributed by atoms with Crippen molar-refractivity contribution in [1.29, 1.82) is 0 Å². The maximum atomic E-state index is 9.70. The zero-order valence-electron chi connectivity index (χ0n) is 13.3. The van der Waals surface area contributed by atoms with E-state index in [1.807, 2.05) is 0 Å². The number of hydrogen-bond donors (Lipinski definition) is 2. The van der Waals surface area contributed by atoms with Gasteiger partial charge in [-0.2, -0.15) is 0 Å². The van der Waals surface area contributed by atoms with Crippen molar-refractivity contribution in [3.05, 3.63) is 0 Å². The SMILES string of the molecule is CCN(C(C)COC)C(C)CC(C)(CO)NC1CC1. The van der Waals surface area contributed by atoms with Crippen LogP contribution in [-0.4, -0.2) is 60.5 Å². The van der Waals surface area contributed by atoms with Crippen LogP contribution >= 0.6 is 0 Å². The predicted octanol–water partition coefficient (Wildman–Crippen LogP) is 1.62. The van der Waals surface area contributed by atoms with Crippen molar-refractivity contribution in [3.63, 3.8) is 0 Å². The highest BCUT2D eigenvalue weighted by Crippen LogP contribution is 2.26. The molecule has 4 heteroatoms. The van der Waals surface area contributed by atoms with Crippen LogP contribution in [0.15, 0.2) is 0 Å². The van der Waals surface area contributed by atoms with Crippen LogP contribution in [0, 0.1) is 0 Å². The van der Waals surface area contributed by atoms with E-state index in [2.05, 4.69) is 37.9 Å². The molecule has 0 radical (unpaired) electrons. The third-order valence-electron chi connectivity index (χ3n) is 4.13. The fraction of sp³-hybridized carbons (Fsp3) is 1.00. The summed E-state index contributed by atoms with van der Waals surface area (Å²) in [6.07, 6.45) is 3.46. The zero-order chi connectivity index (χ0) is 14.5. The minimum atomic E-state index is -0.166. The van der Waals surface area contributed by atoms with Crippen molar-refractivity contribution >= 4 is 0 Å². The van der Waals surface area contributed by atoms with Crippen LogP contribution in [0.25, 0.3) is 0 Å². The number of ether oxygens (including phenoxy) is 1. The molecule has 3 atom stereocenters. The average Bonchev–Trinajstić information content (AvgIpc) is 3.13. The summed E-state index contributed by atoms with van der Waals surface area (Å²) in [5.74, 6) is 0. The van der Waals surface area contributed by atoms with Crippen molar-refractivity contribution in [1.82, 2.24) is 10.2 Å². The molecule has 114 valence electrons. The highest BCUT2D eigenvalue weighted by atomic mass is 16.5. The molecule has 0 spiro atoms. The molecule has 0 aromatic rings.